The maximum absolute atomic E-state index is 6.25. The molecule has 2 aromatic carbocycles. The highest BCUT2D eigenvalue weighted by Gasteiger charge is 2.34. The maximum atomic E-state index is 6.25. The Morgan fingerprint density at radius 2 is 1.88 bits per heavy atom. The van der Waals surface area contributed by atoms with Gasteiger partial charge in [-0.1, -0.05) is 29.4 Å². The quantitative estimate of drug-likeness (QED) is 0.557. The number of piperazine rings is 1. The Hall–Kier alpha value is -2.57. The average molecular weight is 447 g/mol. The van der Waals surface area contributed by atoms with Crippen LogP contribution in [-0.4, -0.2) is 55.4 Å². The first kappa shape index (κ1) is 21.0. The third-order valence-electron chi connectivity index (χ3n) is 7.51. The summed E-state index contributed by atoms with van der Waals surface area (Å²) in [6.07, 6.45) is 5.22. The van der Waals surface area contributed by atoms with E-state index in [9.17, 15) is 0 Å². The van der Waals surface area contributed by atoms with Crippen molar-refractivity contribution in [3.8, 4) is 5.75 Å². The topological polar surface area (TPSA) is 53.8 Å². The van der Waals surface area contributed by atoms with Gasteiger partial charge in [0.2, 0.25) is 0 Å². The number of piperidine rings is 1. The molecule has 0 amide bonds. The molecule has 1 N–H and O–H groups in total. The van der Waals surface area contributed by atoms with Crippen molar-refractivity contribution >= 4 is 16.8 Å². The normalized spacial score (nSPS) is 23.6. The van der Waals surface area contributed by atoms with Gasteiger partial charge in [-0.05, 0) is 68.0 Å². The number of anilines is 1. The second-order valence-corrected chi connectivity index (χ2v) is 10.1. The molecule has 33 heavy (non-hydrogen) atoms. The van der Waals surface area contributed by atoms with E-state index in [1.807, 2.05) is 12.1 Å². The lowest BCUT2D eigenvalue weighted by Crippen LogP contribution is -2.57. The molecule has 3 aliphatic rings. The Kier molecular flexibility index (Phi) is 5.95. The van der Waals surface area contributed by atoms with Crippen molar-refractivity contribution in [3.05, 3.63) is 54.1 Å². The van der Waals surface area contributed by atoms with Gasteiger partial charge in [0, 0.05) is 44.7 Å². The minimum Gasteiger partial charge on any atom is -0.493 e. The van der Waals surface area contributed by atoms with Crippen LogP contribution in [0.4, 0.5) is 5.82 Å². The summed E-state index contributed by atoms with van der Waals surface area (Å²) in [6, 6.07) is 17.4. The van der Waals surface area contributed by atoms with Crippen LogP contribution in [0.3, 0.4) is 0 Å². The summed E-state index contributed by atoms with van der Waals surface area (Å²) < 4.78 is 11.8. The van der Waals surface area contributed by atoms with Crippen molar-refractivity contribution in [3.63, 3.8) is 0 Å². The smallest absolute Gasteiger partial charge is 0.180 e. The van der Waals surface area contributed by atoms with Gasteiger partial charge < -0.3 is 19.5 Å². The number of hydrogen-bond acceptors (Lipinski definition) is 6. The van der Waals surface area contributed by atoms with Crippen molar-refractivity contribution in [1.29, 1.82) is 0 Å². The Labute approximate surface area is 195 Å². The first-order valence-electron chi connectivity index (χ1n) is 12.6. The van der Waals surface area contributed by atoms with E-state index in [1.165, 1.54) is 31.2 Å². The second-order valence-electron chi connectivity index (χ2n) is 10.1. The van der Waals surface area contributed by atoms with Crippen LogP contribution in [-0.2, 0) is 6.54 Å². The first-order valence-corrected chi connectivity index (χ1v) is 12.6. The molecule has 1 aliphatic carbocycles. The molecule has 3 aromatic rings. The fourth-order valence-electron chi connectivity index (χ4n) is 5.39. The summed E-state index contributed by atoms with van der Waals surface area (Å²) in [5.74, 6) is 3.52. The van der Waals surface area contributed by atoms with Crippen LogP contribution in [0.15, 0.2) is 53.1 Å². The van der Waals surface area contributed by atoms with Crippen LogP contribution in [0.2, 0.25) is 0 Å². The molecule has 1 aromatic heterocycles. The van der Waals surface area contributed by atoms with Crippen molar-refractivity contribution in [1.82, 2.24) is 15.4 Å². The number of rotatable bonds is 8. The Morgan fingerprint density at radius 3 is 2.82 bits per heavy atom. The van der Waals surface area contributed by atoms with Crippen molar-refractivity contribution in [2.45, 2.75) is 38.3 Å². The number of benzene rings is 2. The van der Waals surface area contributed by atoms with Crippen LogP contribution in [0.25, 0.3) is 11.0 Å². The fraction of sp³-hybridized carbons (Fsp3) is 0.519. The SMILES string of the molecule is c1cc(CNCC2CC2)cc(OC[C@@H]2CC[C@@H]3CN(c4noc5ccccc45)CCN3C2)c1. The van der Waals surface area contributed by atoms with Gasteiger partial charge in [-0.15, -0.1) is 0 Å². The summed E-state index contributed by atoms with van der Waals surface area (Å²) in [5, 5.41) is 9.08. The van der Waals surface area contributed by atoms with E-state index in [1.54, 1.807) is 0 Å². The van der Waals surface area contributed by atoms with Crippen molar-refractivity contribution in [2.75, 3.05) is 44.2 Å². The Balaban J connectivity index is 0.999. The van der Waals surface area contributed by atoms with E-state index in [-0.39, 0.29) is 0 Å². The molecule has 0 radical (unpaired) electrons. The highest BCUT2D eigenvalue weighted by Crippen LogP contribution is 2.31. The molecular weight excluding hydrogens is 412 g/mol. The lowest BCUT2D eigenvalue weighted by atomic mass is 9.91. The molecule has 2 saturated heterocycles. The molecule has 6 nitrogen and oxygen atoms in total. The summed E-state index contributed by atoms with van der Waals surface area (Å²) in [4.78, 5) is 5.07. The molecule has 2 aliphatic heterocycles. The predicted molar refractivity (Wildman–Crippen MR) is 131 cm³/mol. The minimum atomic E-state index is 0.589. The number of ether oxygens (including phenoxy) is 1. The van der Waals surface area contributed by atoms with Crippen LogP contribution < -0.4 is 15.0 Å². The number of nitrogens with one attached hydrogen (secondary N) is 1. The van der Waals surface area contributed by atoms with Gasteiger partial charge in [-0.3, -0.25) is 4.90 Å². The number of hydrogen-bond donors (Lipinski definition) is 1. The highest BCUT2D eigenvalue weighted by molar-refractivity contribution is 5.88. The van der Waals surface area contributed by atoms with Gasteiger partial charge in [-0.2, -0.15) is 0 Å². The van der Waals surface area contributed by atoms with E-state index in [4.69, 9.17) is 9.26 Å². The van der Waals surface area contributed by atoms with Crippen LogP contribution >= 0.6 is 0 Å². The molecule has 0 spiro atoms. The highest BCUT2D eigenvalue weighted by atomic mass is 16.5. The van der Waals surface area contributed by atoms with Crippen LogP contribution in [0, 0.1) is 11.8 Å². The molecule has 2 atom stereocenters. The van der Waals surface area contributed by atoms with Gasteiger partial charge >= 0.3 is 0 Å². The summed E-state index contributed by atoms with van der Waals surface area (Å²) in [7, 11) is 0. The summed E-state index contributed by atoms with van der Waals surface area (Å²) in [5.41, 5.74) is 2.19. The molecule has 3 heterocycles. The number of nitrogens with zero attached hydrogens (tertiary/aromatic N) is 3. The molecule has 1 saturated carbocycles. The van der Waals surface area contributed by atoms with E-state index in [0.717, 1.165) is 74.3 Å². The number of para-hydroxylation sites is 1. The van der Waals surface area contributed by atoms with Gasteiger partial charge in [0.05, 0.1) is 12.0 Å². The molecule has 3 fully saturated rings. The molecule has 0 unspecified atom stereocenters. The molecule has 6 heteroatoms. The second kappa shape index (κ2) is 9.35. The van der Waals surface area contributed by atoms with E-state index >= 15 is 0 Å². The maximum Gasteiger partial charge on any atom is 0.180 e. The monoisotopic (exact) mass is 446 g/mol. The standard InChI is InChI=1S/C27H34N4O2/c1-2-7-26-25(6-1)27(29-33-26)31-13-12-30-17-22(10-11-23(30)18-31)19-32-24-5-3-4-21(14-24)16-28-15-20-8-9-20/h1-7,14,20,22-23,28H,8-13,15-19H2/t22-,23-/m1/s1. The van der Waals surface area contributed by atoms with E-state index in [0.29, 0.717) is 12.0 Å². The summed E-state index contributed by atoms with van der Waals surface area (Å²) in [6.45, 7) is 7.11. The van der Waals surface area contributed by atoms with Crippen LogP contribution in [0.5, 0.6) is 5.75 Å². The van der Waals surface area contributed by atoms with Gasteiger partial charge in [0.25, 0.3) is 0 Å². The third-order valence-corrected chi connectivity index (χ3v) is 7.51. The molecule has 6 rings (SSSR count). The zero-order chi connectivity index (χ0) is 22.0. The van der Waals surface area contributed by atoms with Gasteiger partial charge in [-0.25, -0.2) is 0 Å². The zero-order valence-corrected chi connectivity index (χ0v) is 19.3. The van der Waals surface area contributed by atoms with Gasteiger partial charge in [0.1, 0.15) is 5.75 Å². The first-order chi connectivity index (χ1) is 16.3. The average Bonchev–Trinajstić information content (AvgIpc) is 3.58. The van der Waals surface area contributed by atoms with Gasteiger partial charge in [0.15, 0.2) is 11.4 Å². The third kappa shape index (κ3) is 4.87. The minimum absolute atomic E-state index is 0.589. The van der Waals surface area contributed by atoms with Crippen LogP contribution in [0.1, 0.15) is 31.2 Å². The molecule has 174 valence electrons. The number of aromatic nitrogens is 1. The molecular formula is C27H34N4O2. The summed E-state index contributed by atoms with van der Waals surface area (Å²) >= 11 is 0. The molecule has 0 bridgehead atoms. The Morgan fingerprint density at radius 1 is 0.970 bits per heavy atom. The van der Waals surface area contributed by atoms with Crippen molar-refractivity contribution < 1.29 is 9.26 Å². The zero-order valence-electron chi connectivity index (χ0n) is 19.3. The fourth-order valence-corrected chi connectivity index (χ4v) is 5.39. The Bertz CT molecular complexity index is 1080. The van der Waals surface area contributed by atoms with E-state index in [2.05, 4.69) is 56.7 Å². The lowest BCUT2D eigenvalue weighted by molar-refractivity contribution is 0.0726. The lowest BCUT2D eigenvalue weighted by Gasteiger charge is -2.46. The van der Waals surface area contributed by atoms with E-state index < -0.39 is 0 Å². The largest absolute Gasteiger partial charge is 0.493 e. The van der Waals surface area contributed by atoms with Crippen molar-refractivity contribution in [2.24, 2.45) is 11.8 Å². The number of fused-ring (bicyclic) bond motifs is 2. The predicted octanol–water partition coefficient (Wildman–Crippen LogP) is 4.31.